The third-order valence-corrected chi connectivity index (χ3v) is 6.53. The van der Waals surface area contributed by atoms with Crippen LogP contribution in [0.25, 0.3) is 10.9 Å². The molecular weight excluding hydrogens is 492 g/mol. The molecule has 2 saturated heterocycles. The summed E-state index contributed by atoms with van der Waals surface area (Å²) in [6.45, 7) is 0.929. The summed E-state index contributed by atoms with van der Waals surface area (Å²) in [6.07, 6.45) is -0.0253. The number of aromatic nitrogens is 2. The first-order valence-electron chi connectivity index (χ1n) is 10.9. The number of hydrogen-bond acceptors (Lipinski definition) is 7. The van der Waals surface area contributed by atoms with E-state index in [0.29, 0.717) is 30.7 Å². The maximum atomic E-state index is 15.0. The molecule has 1 aromatic heterocycles. The van der Waals surface area contributed by atoms with Crippen molar-refractivity contribution in [3.63, 3.8) is 0 Å². The van der Waals surface area contributed by atoms with Crippen molar-refractivity contribution in [1.82, 2.24) is 14.9 Å². The first kappa shape index (κ1) is 23.8. The van der Waals surface area contributed by atoms with Crippen LogP contribution in [0.2, 0.25) is 5.02 Å². The Balaban J connectivity index is 1.45. The molecule has 7 nitrogen and oxygen atoms in total. The number of likely N-dealkylation sites (tertiary alicyclic amines) is 1. The molecule has 186 valence electrons. The number of rotatable bonds is 6. The average Bonchev–Trinajstić information content (AvgIpc) is 2.79. The molecule has 0 amide bonds. The summed E-state index contributed by atoms with van der Waals surface area (Å²) in [7, 11) is 1.39. The van der Waals surface area contributed by atoms with Crippen molar-refractivity contribution in [2.24, 2.45) is 0 Å². The molecule has 1 atom stereocenters. The minimum atomic E-state index is -3.10. The smallest absolute Gasteiger partial charge is 0.296 e. The number of halogens is 5. The van der Waals surface area contributed by atoms with E-state index in [4.69, 9.17) is 25.8 Å². The Morgan fingerprint density at radius 1 is 1.17 bits per heavy atom. The van der Waals surface area contributed by atoms with Gasteiger partial charge in [0.05, 0.1) is 44.1 Å². The first-order chi connectivity index (χ1) is 16.8. The van der Waals surface area contributed by atoms with Crippen molar-refractivity contribution < 1.29 is 31.8 Å². The van der Waals surface area contributed by atoms with Crippen LogP contribution in [0.1, 0.15) is 6.42 Å². The number of hydrogen-bond donors (Lipinski definition) is 1. The number of ether oxygens (including phenoxy) is 3. The highest BCUT2D eigenvalue weighted by Crippen LogP contribution is 2.39. The zero-order valence-corrected chi connectivity index (χ0v) is 19.3. The Hall–Kier alpha value is -2.89. The maximum absolute atomic E-state index is 15.0. The van der Waals surface area contributed by atoms with Crippen molar-refractivity contribution in [3.05, 3.63) is 47.2 Å². The molecule has 2 aliphatic heterocycles. The highest BCUT2D eigenvalue weighted by Gasteiger charge is 2.48. The van der Waals surface area contributed by atoms with Crippen molar-refractivity contribution in [2.45, 2.75) is 24.5 Å². The summed E-state index contributed by atoms with van der Waals surface area (Å²) < 4.78 is 74.2. The lowest BCUT2D eigenvalue weighted by Crippen LogP contribution is -2.60. The summed E-state index contributed by atoms with van der Waals surface area (Å²) >= 11 is 5.67. The normalized spacial score (nSPS) is 20.5. The van der Waals surface area contributed by atoms with E-state index in [0.717, 1.165) is 6.07 Å². The molecule has 3 heterocycles. The fraction of sp³-hybridized carbons (Fsp3) is 0.391. The van der Waals surface area contributed by atoms with Gasteiger partial charge in [-0.3, -0.25) is 4.90 Å². The number of benzene rings is 2. The molecule has 0 saturated carbocycles. The molecule has 0 aliphatic carbocycles. The molecule has 0 bridgehead atoms. The Bertz CT molecular complexity index is 1260. The second kappa shape index (κ2) is 9.29. The maximum Gasteiger partial charge on any atom is 0.296 e. The van der Waals surface area contributed by atoms with E-state index >= 15 is 0 Å². The summed E-state index contributed by atoms with van der Waals surface area (Å²) in [5.41, 5.74) is 0.278. The van der Waals surface area contributed by atoms with E-state index in [1.165, 1.54) is 31.6 Å². The van der Waals surface area contributed by atoms with Gasteiger partial charge in [-0.15, -0.1) is 0 Å². The van der Waals surface area contributed by atoms with Crippen LogP contribution >= 0.6 is 11.6 Å². The topological polar surface area (TPSA) is 68.7 Å². The minimum Gasteiger partial charge on any atom is -0.493 e. The first-order valence-corrected chi connectivity index (χ1v) is 11.2. The largest absolute Gasteiger partial charge is 0.493 e. The van der Waals surface area contributed by atoms with Crippen molar-refractivity contribution >= 4 is 34.0 Å². The standard InChI is InChI=1S/C23H21ClF4N4O3/c1-33-17-7-16-13(22(30-11-29-16)31-15-3-2-14(25)20(24)21(15)26)6-18(17)35-19-4-5-32(10-23(19,27)28)12-8-34-9-12/h2-3,6-7,11-12,19H,4-5,8-10H2,1H3,(H,29,30,31). The van der Waals surface area contributed by atoms with Gasteiger partial charge in [-0.1, -0.05) is 11.6 Å². The molecule has 0 spiro atoms. The molecule has 3 aromatic rings. The number of piperidine rings is 1. The zero-order valence-electron chi connectivity index (χ0n) is 18.5. The van der Waals surface area contributed by atoms with Gasteiger partial charge in [0.1, 0.15) is 23.0 Å². The molecule has 2 fully saturated rings. The number of alkyl halides is 2. The lowest BCUT2D eigenvalue weighted by molar-refractivity contribution is -0.170. The predicted molar refractivity (Wildman–Crippen MR) is 121 cm³/mol. The predicted octanol–water partition coefficient (Wildman–Crippen LogP) is 4.80. The third kappa shape index (κ3) is 4.55. The Morgan fingerprint density at radius 2 is 1.97 bits per heavy atom. The van der Waals surface area contributed by atoms with Gasteiger partial charge in [0.15, 0.2) is 23.4 Å². The summed E-state index contributed by atoms with van der Waals surface area (Å²) in [6, 6.07) is 5.17. The van der Waals surface area contributed by atoms with Crippen LogP contribution in [-0.4, -0.2) is 66.3 Å². The van der Waals surface area contributed by atoms with Crippen LogP contribution in [0.5, 0.6) is 11.5 Å². The van der Waals surface area contributed by atoms with E-state index in [9.17, 15) is 17.6 Å². The van der Waals surface area contributed by atoms with E-state index in [1.54, 1.807) is 4.90 Å². The van der Waals surface area contributed by atoms with Crippen LogP contribution in [0.4, 0.5) is 29.1 Å². The summed E-state index contributed by atoms with van der Waals surface area (Å²) in [4.78, 5) is 10.0. The molecule has 2 aliphatic rings. The van der Waals surface area contributed by atoms with Gasteiger partial charge in [0.2, 0.25) is 0 Å². The second-order valence-electron chi connectivity index (χ2n) is 8.41. The highest BCUT2D eigenvalue weighted by molar-refractivity contribution is 6.31. The van der Waals surface area contributed by atoms with Gasteiger partial charge in [-0.25, -0.2) is 27.5 Å². The van der Waals surface area contributed by atoms with Crippen LogP contribution in [0.3, 0.4) is 0 Å². The Kier molecular flexibility index (Phi) is 6.32. The van der Waals surface area contributed by atoms with Crippen LogP contribution in [0.15, 0.2) is 30.6 Å². The molecule has 35 heavy (non-hydrogen) atoms. The molecular formula is C23H21ClF4N4O3. The minimum absolute atomic E-state index is 0.00294. The van der Waals surface area contributed by atoms with Gasteiger partial charge in [-0.05, 0) is 18.2 Å². The van der Waals surface area contributed by atoms with Crippen LogP contribution in [-0.2, 0) is 4.74 Å². The lowest BCUT2D eigenvalue weighted by atomic mass is 10.0. The quantitative estimate of drug-likeness (QED) is 0.376. The van der Waals surface area contributed by atoms with Gasteiger partial charge in [0.25, 0.3) is 5.92 Å². The van der Waals surface area contributed by atoms with E-state index in [1.807, 2.05) is 0 Å². The lowest BCUT2D eigenvalue weighted by Gasteiger charge is -2.44. The molecule has 5 rings (SSSR count). The monoisotopic (exact) mass is 512 g/mol. The van der Waals surface area contributed by atoms with E-state index in [2.05, 4.69) is 15.3 Å². The number of anilines is 2. The molecule has 1 N–H and O–H groups in total. The molecule has 1 unspecified atom stereocenters. The van der Waals surface area contributed by atoms with Crippen LogP contribution in [0, 0.1) is 11.6 Å². The SMILES string of the molecule is COc1cc2ncnc(Nc3ccc(F)c(Cl)c3F)c2cc1OC1CCN(C2COC2)CC1(F)F. The van der Waals surface area contributed by atoms with E-state index < -0.39 is 35.2 Å². The highest BCUT2D eigenvalue weighted by atomic mass is 35.5. The molecule has 12 heteroatoms. The fourth-order valence-corrected chi connectivity index (χ4v) is 4.32. The van der Waals surface area contributed by atoms with Gasteiger partial charge in [0, 0.05) is 24.4 Å². The second-order valence-corrected chi connectivity index (χ2v) is 8.79. The van der Waals surface area contributed by atoms with Gasteiger partial charge in [-0.2, -0.15) is 0 Å². The summed E-state index contributed by atoms with van der Waals surface area (Å²) in [5, 5.41) is 2.45. The number of methoxy groups -OCH3 is 1. The molecule has 0 radical (unpaired) electrons. The third-order valence-electron chi connectivity index (χ3n) is 6.18. The van der Waals surface area contributed by atoms with Gasteiger partial charge >= 0.3 is 0 Å². The van der Waals surface area contributed by atoms with Crippen molar-refractivity contribution in [1.29, 1.82) is 0 Å². The zero-order chi connectivity index (χ0) is 24.7. The fourth-order valence-electron chi connectivity index (χ4n) is 4.16. The van der Waals surface area contributed by atoms with Gasteiger partial charge < -0.3 is 19.5 Å². The van der Waals surface area contributed by atoms with E-state index in [-0.39, 0.29) is 35.5 Å². The summed E-state index contributed by atoms with van der Waals surface area (Å²) in [5.74, 6) is -4.57. The molecule has 2 aromatic carbocycles. The van der Waals surface area contributed by atoms with Crippen molar-refractivity contribution in [3.8, 4) is 11.5 Å². The number of nitrogens with zero attached hydrogens (tertiary/aromatic N) is 3. The number of fused-ring (bicyclic) bond motifs is 1. The average molecular weight is 513 g/mol. The van der Waals surface area contributed by atoms with Crippen LogP contribution < -0.4 is 14.8 Å². The number of nitrogens with one attached hydrogen (secondary N) is 1. The Morgan fingerprint density at radius 3 is 2.66 bits per heavy atom. The Labute approximate surface area is 202 Å². The van der Waals surface area contributed by atoms with Crippen molar-refractivity contribution in [2.75, 3.05) is 38.7 Å².